The smallest absolute Gasteiger partial charge is 0.355 e. The van der Waals surface area contributed by atoms with E-state index in [1.165, 1.54) is 34.5 Å². The minimum atomic E-state index is -1.03. The number of halogens is 1. The first-order chi connectivity index (χ1) is 13.5. The van der Waals surface area contributed by atoms with Crippen LogP contribution in [0.3, 0.4) is 0 Å². The van der Waals surface area contributed by atoms with Gasteiger partial charge in [-0.05, 0) is 31.0 Å². The second-order valence-electron chi connectivity index (χ2n) is 6.48. The largest absolute Gasteiger partial charge is 0.476 e. The molecule has 0 saturated carbocycles. The number of thioether (sulfide) groups is 1. The number of amides is 1. The van der Waals surface area contributed by atoms with Gasteiger partial charge in [0.15, 0.2) is 10.0 Å². The van der Waals surface area contributed by atoms with Gasteiger partial charge in [-0.1, -0.05) is 30.0 Å². The van der Waals surface area contributed by atoms with Crippen molar-refractivity contribution in [2.75, 3.05) is 25.4 Å². The van der Waals surface area contributed by atoms with Crippen LogP contribution in [-0.4, -0.2) is 58.3 Å². The Kier molecular flexibility index (Phi) is 7.41. The molecule has 1 amide bonds. The third-order valence-corrected chi connectivity index (χ3v) is 6.62. The van der Waals surface area contributed by atoms with Gasteiger partial charge in [0.1, 0.15) is 5.82 Å². The van der Waals surface area contributed by atoms with Crippen molar-refractivity contribution in [1.82, 2.24) is 15.2 Å². The van der Waals surface area contributed by atoms with Crippen LogP contribution in [0.1, 0.15) is 28.9 Å². The summed E-state index contributed by atoms with van der Waals surface area (Å²) in [5.74, 6) is -0.400. The van der Waals surface area contributed by atoms with E-state index in [-0.39, 0.29) is 23.5 Å². The molecule has 2 heterocycles. The van der Waals surface area contributed by atoms with Gasteiger partial charge in [-0.15, -0.1) is 11.3 Å². The Hall–Kier alpha value is -1.97. The van der Waals surface area contributed by atoms with E-state index < -0.39 is 5.97 Å². The van der Waals surface area contributed by atoms with Gasteiger partial charge in [0.25, 0.3) is 0 Å². The zero-order valence-corrected chi connectivity index (χ0v) is 16.9. The maximum absolute atomic E-state index is 13.6. The predicted octanol–water partition coefficient (Wildman–Crippen LogP) is 2.90. The van der Waals surface area contributed by atoms with Crippen molar-refractivity contribution in [3.63, 3.8) is 0 Å². The number of carbonyl (C=O) groups excluding carboxylic acids is 1. The molecule has 1 fully saturated rings. The molecule has 0 unspecified atom stereocenters. The molecule has 150 valence electrons. The lowest BCUT2D eigenvalue weighted by molar-refractivity contribution is -0.128. The summed E-state index contributed by atoms with van der Waals surface area (Å²) in [6, 6.07) is 6.90. The Balaban J connectivity index is 1.41. The molecule has 28 heavy (non-hydrogen) atoms. The molecule has 3 rings (SSSR count). The summed E-state index contributed by atoms with van der Waals surface area (Å²) in [6.45, 7) is 1.95. The van der Waals surface area contributed by atoms with E-state index >= 15 is 0 Å². The van der Waals surface area contributed by atoms with Crippen LogP contribution in [0.5, 0.6) is 0 Å². The molecule has 6 nitrogen and oxygen atoms in total. The van der Waals surface area contributed by atoms with Crippen molar-refractivity contribution in [3.8, 4) is 0 Å². The van der Waals surface area contributed by atoms with Gasteiger partial charge in [-0.3, -0.25) is 4.79 Å². The molecule has 0 spiro atoms. The van der Waals surface area contributed by atoms with E-state index in [1.807, 2.05) is 11.0 Å². The molecule has 0 bridgehead atoms. The normalized spacial score (nSPS) is 16.7. The van der Waals surface area contributed by atoms with Gasteiger partial charge in [0.05, 0.1) is 0 Å². The number of nitrogens with zero attached hydrogens (tertiary/aromatic N) is 2. The third kappa shape index (κ3) is 5.52. The number of likely N-dealkylation sites (tertiary alicyclic amines) is 1. The SMILES string of the molecule is O=C(O)c1csc(SCCN2C(=O)CC[C@@H]2CNCCc2ccccc2F)n1. The fraction of sp³-hybridized carbons (Fsp3) is 0.421. The van der Waals surface area contributed by atoms with Crippen molar-refractivity contribution in [3.05, 3.63) is 46.7 Å². The van der Waals surface area contributed by atoms with Gasteiger partial charge < -0.3 is 15.3 Å². The van der Waals surface area contributed by atoms with Crippen molar-refractivity contribution in [2.45, 2.75) is 29.6 Å². The second-order valence-corrected chi connectivity index (χ2v) is 8.68. The molecule has 1 aliphatic heterocycles. The zero-order valence-electron chi connectivity index (χ0n) is 15.3. The third-order valence-electron chi connectivity index (χ3n) is 4.62. The summed E-state index contributed by atoms with van der Waals surface area (Å²) in [6.07, 6.45) is 1.97. The molecular weight excluding hydrogens is 401 g/mol. The van der Waals surface area contributed by atoms with Crippen molar-refractivity contribution >= 4 is 35.0 Å². The molecule has 0 aliphatic carbocycles. The van der Waals surface area contributed by atoms with E-state index in [0.717, 1.165) is 6.42 Å². The highest BCUT2D eigenvalue weighted by Gasteiger charge is 2.30. The van der Waals surface area contributed by atoms with Crippen LogP contribution < -0.4 is 5.32 Å². The van der Waals surface area contributed by atoms with Crippen LogP contribution in [0.25, 0.3) is 0 Å². The Morgan fingerprint density at radius 1 is 1.43 bits per heavy atom. The molecule has 2 N–H and O–H groups in total. The summed E-state index contributed by atoms with van der Waals surface area (Å²) in [5, 5.41) is 13.8. The van der Waals surface area contributed by atoms with E-state index in [2.05, 4.69) is 10.3 Å². The second kappa shape index (κ2) is 9.99. The van der Waals surface area contributed by atoms with Crippen LogP contribution in [0.4, 0.5) is 4.39 Å². The Morgan fingerprint density at radius 3 is 3.00 bits per heavy atom. The molecule has 1 atom stereocenters. The summed E-state index contributed by atoms with van der Waals surface area (Å²) >= 11 is 2.77. The number of carboxylic acid groups (broad SMARTS) is 1. The Labute approximate surface area is 171 Å². The number of aromatic nitrogens is 1. The van der Waals surface area contributed by atoms with E-state index in [0.29, 0.717) is 48.1 Å². The molecule has 1 aliphatic rings. The van der Waals surface area contributed by atoms with Gasteiger partial charge in [0.2, 0.25) is 5.91 Å². The zero-order chi connectivity index (χ0) is 19.9. The van der Waals surface area contributed by atoms with Crippen molar-refractivity contribution in [2.24, 2.45) is 0 Å². The van der Waals surface area contributed by atoms with Gasteiger partial charge >= 0.3 is 5.97 Å². The predicted molar refractivity (Wildman–Crippen MR) is 108 cm³/mol. The maximum Gasteiger partial charge on any atom is 0.355 e. The quantitative estimate of drug-likeness (QED) is 0.452. The lowest BCUT2D eigenvalue weighted by Gasteiger charge is -2.25. The average molecular weight is 424 g/mol. The first kappa shape index (κ1) is 20.8. The summed E-state index contributed by atoms with van der Waals surface area (Å²) in [4.78, 5) is 29.0. The van der Waals surface area contributed by atoms with Crippen molar-refractivity contribution < 1.29 is 19.1 Å². The Morgan fingerprint density at radius 2 is 2.25 bits per heavy atom. The number of thiazole rings is 1. The molecule has 1 aromatic carbocycles. The van der Waals surface area contributed by atoms with Crippen LogP contribution in [0.15, 0.2) is 34.0 Å². The van der Waals surface area contributed by atoms with Gasteiger partial charge in [-0.2, -0.15) is 0 Å². The first-order valence-corrected chi connectivity index (χ1v) is 11.0. The fourth-order valence-corrected chi connectivity index (χ4v) is 4.97. The van der Waals surface area contributed by atoms with Crippen LogP contribution in [0.2, 0.25) is 0 Å². The summed E-state index contributed by atoms with van der Waals surface area (Å²) < 4.78 is 14.3. The number of carbonyl (C=O) groups is 2. The van der Waals surface area contributed by atoms with Crippen LogP contribution in [-0.2, 0) is 11.2 Å². The summed E-state index contributed by atoms with van der Waals surface area (Å²) in [5.41, 5.74) is 0.747. The summed E-state index contributed by atoms with van der Waals surface area (Å²) in [7, 11) is 0. The lowest BCUT2D eigenvalue weighted by atomic mass is 10.1. The average Bonchev–Trinajstić information content (AvgIpc) is 3.28. The van der Waals surface area contributed by atoms with Crippen LogP contribution >= 0.6 is 23.1 Å². The van der Waals surface area contributed by atoms with Crippen LogP contribution in [0, 0.1) is 5.82 Å². The monoisotopic (exact) mass is 423 g/mol. The topological polar surface area (TPSA) is 82.5 Å². The minimum Gasteiger partial charge on any atom is -0.476 e. The minimum absolute atomic E-state index is 0.0571. The highest BCUT2D eigenvalue weighted by molar-refractivity contribution is 8.01. The molecule has 1 saturated heterocycles. The molecule has 9 heteroatoms. The van der Waals surface area contributed by atoms with E-state index in [1.54, 1.807) is 12.1 Å². The number of hydrogen-bond acceptors (Lipinski definition) is 6. The molecular formula is C19H22FN3O3S2. The number of aromatic carboxylic acids is 1. The highest BCUT2D eigenvalue weighted by atomic mass is 32.2. The van der Waals surface area contributed by atoms with E-state index in [4.69, 9.17) is 5.11 Å². The standard InChI is InChI=1S/C19H22FN3O3S2/c20-15-4-2-1-3-13(15)7-8-21-11-14-5-6-17(24)23(14)9-10-27-19-22-16(12-28-19)18(25)26/h1-4,12,14,21H,5-11H2,(H,25,26)/t14-/m1/s1. The lowest BCUT2D eigenvalue weighted by Crippen LogP contribution is -2.41. The number of benzene rings is 1. The number of nitrogens with one attached hydrogen (secondary N) is 1. The number of rotatable bonds is 10. The molecule has 1 aromatic heterocycles. The maximum atomic E-state index is 13.6. The first-order valence-electron chi connectivity index (χ1n) is 9.10. The number of carboxylic acids is 1. The van der Waals surface area contributed by atoms with Gasteiger partial charge in [-0.25, -0.2) is 14.2 Å². The van der Waals surface area contributed by atoms with E-state index in [9.17, 15) is 14.0 Å². The van der Waals surface area contributed by atoms with Crippen molar-refractivity contribution in [1.29, 1.82) is 0 Å². The molecule has 2 aromatic rings. The number of hydrogen-bond donors (Lipinski definition) is 2. The fourth-order valence-electron chi connectivity index (χ4n) is 3.16. The molecule has 0 radical (unpaired) electrons. The highest BCUT2D eigenvalue weighted by Crippen LogP contribution is 2.24. The Bertz CT molecular complexity index is 830. The van der Waals surface area contributed by atoms with Gasteiger partial charge in [0, 0.05) is 36.7 Å².